The van der Waals surface area contributed by atoms with Gasteiger partial charge in [-0.25, -0.2) is 29.9 Å². The average molecular weight is 655 g/mol. The number of hydrogen-bond donors (Lipinski definition) is 1. The molecule has 9 rings (SSSR count). The average Bonchev–Trinajstić information content (AvgIpc) is 3.82. The van der Waals surface area contributed by atoms with E-state index in [1.807, 2.05) is 19.2 Å². The minimum Gasteiger partial charge on any atom is -0.324 e. The Morgan fingerprint density at radius 2 is 0.920 bits per heavy atom. The maximum absolute atomic E-state index is 5.42. The van der Waals surface area contributed by atoms with Gasteiger partial charge in [0, 0.05) is 50.8 Å². The number of rotatable bonds is 0. The Morgan fingerprint density at radius 3 is 1.52 bits per heavy atom. The molecule has 1 N–H and O–H groups in total. The fourth-order valence-corrected chi connectivity index (χ4v) is 8.10. The van der Waals surface area contributed by atoms with Gasteiger partial charge in [0.25, 0.3) is 0 Å². The standard InChI is InChI=1S/C42H38N8/c1-18-14-13-17-29-30(18)42-49-40-34-26(9)22(5)21(4)25(8)33(34)39(47-40)46-38-32-24(7)20(3)19(2)23(6)31(32)37(45-38)44-35-27-15-11-12-16-28(27)36(43-35)48-41(29)50(42)10/h11-17H,1-10H3,(H,43,44,45,46,47,48,49). The first-order valence-corrected chi connectivity index (χ1v) is 17.1. The van der Waals surface area contributed by atoms with Gasteiger partial charge in [-0.15, -0.1) is 0 Å². The summed E-state index contributed by atoms with van der Waals surface area (Å²) < 4.78 is 2.08. The van der Waals surface area contributed by atoms with Crippen molar-refractivity contribution in [3.05, 3.63) is 92.5 Å². The van der Waals surface area contributed by atoms with Gasteiger partial charge >= 0.3 is 0 Å². The van der Waals surface area contributed by atoms with Crippen LogP contribution in [0.5, 0.6) is 0 Å². The van der Waals surface area contributed by atoms with Gasteiger partial charge in [-0.2, -0.15) is 0 Å². The molecule has 8 bridgehead atoms. The number of nitrogens with one attached hydrogen (secondary N) is 1. The van der Waals surface area contributed by atoms with Gasteiger partial charge in [0.1, 0.15) is 22.6 Å². The second-order valence-corrected chi connectivity index (χ2v) is 14.0. The second kappa shape index (κ2) is 10.4. The van der Waals surface area contributed by atoms with E-state index in [1.165, 1.54) is 38.9 Å². The number of aromatic nitrogens is 8. The molecule has 0 unspecified atom stereocenters. The quantitative estimate of drug-likeness (QED) is 0.175. The summed E-state index contributed by atoms with van der Waals surface area (Å²) in [5.74, 6) is 2.55. The third-order valence-electron chi connectivity index (χ3n) is 11.6. The van der Waals surface area contributed by atoms with Crippen molar-refractivity contribution >= 4 is 44.1 Å². The van der Waals surface area contributed by atoms with Crippen LogP contribution in [0.3, 0.4) is 0 Å². The van der Waals surface area contributed by atoms with Gasteiger partial charge in [0.15, 0.2) is 23.3 Å². The lowest BCUT2D eigenvalue weighted by Crippen LogP contribution is -1.98. The molecule has 0 radical (unpaired) electrons. The van der Waals surface area contributed by atoms with Gasteiger partial charge < -0.3 is 9.55 Å². The van der Waals surface area contributed by atoms with E-state index in [-0.39, 0.29) is 0 Å². The summed E-state index contributed by atoms with van der Waals surface area (Å²) in [6, 6.07) is 14.5. The van der Waals surface area contributed by atoms with Crippen molar-refractivity contribution in [2.45, 2.75) is 62.3 Å². The third kappa shape index (κ3) is 3.93. The van der Waals surface area contributed by atoms with Gasteiger partial charge in [-0.1, -0.05) is 42.5 Å². The van der Waals surface area contributed by atoms with E-state index in [0.29, 0.717) is 23.3 Å². The van der Waals surface area contributed by atoms with Crippen LogP contribution < -0.4 is 0 Å². The SMILES string of the molecule is Cc1c(C)c(C)c2c(c1C)-c1nc-2nc2c3c(C)cccc3c(nc3nc(nc4[nH]c(n1)c1c(C)c(C)c(C)c(C)c41)-c1ccccc1-3)n2C. The number of aryl methyl sites for hydroxylation is 4. The van der Waals surface area contributed by atoms with E-state index in [0.717, 1.165) is 77.5 Å². The van der Waals surface area contributed by atoms with E-state index in [9.17, 15) is 0 Å². The smallest absolute Gasteiger partial charge is 0.165 e. The summed E-state index contributed by atoms with van der Waals surface area (Å²) >= 11 is 0. The molecule has 0 atom stereocenters. The normalized spacial score (nSPS) is 12.2. The van der Waals surface area contributed by atoms with Crippen LogP contribution in [0, 0.1) is 62.3 Å². The Balaban J connectivity index is 1.59. The van der Waals surface area contributed by atoms with Gasteiger partial charge in [-0.05, 0) is 112 Å². The van der Waals surface area contributed by atoms with Crippen LogP contribution >= 0.6 is 0 Å². The number of fused-ring (bicyclic) bond motifs is 20. The number of hydrogen-bond acceptors (Lipinski definition) is 6. The van der Waals surface area contributed by atoms with E-state index >= 15 is 0 Å². The highest BCUT2D eigenvalue weighted by Crippen LogP contribution is 2.43. The molecule has 246 valence electrons. The highest BCUT2D eigenvalue weighted by atomic mass is 15.1. The molecule has 50 heavy (non-hydrogen) atoms. The molecule has 0 spiro atoms. The Morgan fingerprint density at radius 1 is 0.440 bits per heavy atom. The molecule has 0 amide bonds. The predicted octanol–water partition coefficient (Wildman–Crippen LogP) is 9.66. The van der Waals surface area contributed by atoms with Crippen molar-refractivity contribution in [2.75, 3.05) is 0 Å². The largest absolute Gasteiger partial charge is 0.324 e. The Hall–Kier alpha value is -5.76. The molecule has 0 fully saturated rings. The fourth-order valence-electron chi connectivity index (χ4n) is 8.10. The molecule has 7 aromatic rings. The maximum atomic E-state index is 5.42. The second-order valence-electron chi connectivity index (χ2n) is 14.0. The summed E-state index contributed by atoms with van der Waals surface area (Å²) in [5, 5.41) is 4.16. The van der Waals surface area contributed by atoms with Gasteiger partial charge in [-0.3, -0.25) is 0 Å². The number of H-pyrrole nitrogens is 1. The first-order chi connectivity index (χ1) is 24.0. The molecular formula is C42H38N8. The fraction of sp³-hybridized carbons (Fsp3) is 0.238. The number of benzene rings is 4. The lowest BCUT2D eigenvalue weighted by atomic mass is 9.89. The van der Waals surface area contributed by atoms with Crippen molar-refractivity contribution in [3.8, 4) is 45.6 Å². The summed E-state index contributed by atoms with van der Waals surface area (Å²) in [7, 11) is 2.03. The summed E-state index contributed by atoms with van der Waals surface area (Å²) in [6.45, 7) is 19.6. The molecule has 3 aromatic heterocycles. The van der Waals surface area contributed by atoms with Crippen molar-refractivity contribution in [1.29, 1.82) is 0 Å². The van der Waals surface area contributed by atoms with E-state index < -0.39 is 0 Å². The topological polar surface area (TPSA) is 98.1 Å². The molecule has 0 saturated carbocycles. The molecule has 4 aromatic carbocycles. The van der Waals surface area contributed by atoms with Crippen LogP contribution in [0.25, 0.3) is 89.7 Å². The first-order valence-electron chi connectivity index (χ1n) is 17.1. The van der Waals surface area contributed by atoms with Gasteiger partial charge in [0.2, 0.25) is 0 Å². The predicted molar refractivity (Wildman–Crippen MR) is 203 cm³/mol. The minimum absolute atomic E-state index is 0.618. The Labute approximate surface area is 290 Å². The third-order valence-corrected chi connectivity index (χ3v) is 11.6. The van der Waals surface area contributed by atoms with Crippen LogP contribution in [0.4, 0.5) is 0 Å². The molecule has 2 aliphatic rings. The summed E-state index contributed by atoms with van der Waals surface area (Å²) in [4.78, 5) is 35.5. The molecule has 8 nitrogen and oxygen atoms in total. The maximum Gasteiger partial charge on any atom is 0.165 e. The summed E-state index contributed by atoms with van der Waals surface area (Å²) in [5.41, 5.74) is 17.8. The highest BCUT2D eigenvalue weighted by molar-refractivity contribution is 6.10. The van der Waals surface area contributed by atoms with Crippen LogP contribution in [0.15, 0.2) is 42.5 Å². The van der Waals surface area contributed by atoms with Crippen molar-refractivity contribution in [3.63, 3.8) is 0 Å². The van der Waals surface area contributed by atoms with Crippen LogP contribution in [-0.4, -0.2) is 39.5 Å². The van der Waals surface area contributed by atoms with Crippen LogP contribution in [0.2, 0.25) is 0 Å². The van der Waals surface area contributed by atoms with E-state index in [4.69, 9.17) is 29.9 Å². The molecule has 2 aliphatic heterocycles. The van der Waals surface area contributed by atoms with Crippen molar-refractivity contribution in [2.24, 2.45) is 7.05 Å². The molecule has 5 heterocycles. The zero-order chi connectivity index (χ0) is 34.9. The molecule has 8 heteroatoms. The minimum atomic E-state index is 0.618. The highest BCUT2D eigenvalue weighted by Gasteiger charge is 2.28. The summed E-state index contributed by atoms with van der Waals surface area (Å²) in [6.07, 6.45) is 0. The Bertz CT molecular complexity index is 2870. The van der Waals surface area contributed by atoms with E-state index in [1.54, 1.807) is 0 Å². The molecular weight excluding hydrogens is 617 g/mol. The lowest BCUT2D eigenvalue weighted by Gasteiger charge is -2.15. The zero-order valence-electron chi connectivity index (χ0n) is 30.2. The lowest BCUT2D eigenvalue weighted by molar-refractivity contribution is 0.966. The molecule has 0 aliphatic carbocycles. The first kappa shape index (κ1) is 30.3. The van der Waals surface area contributed by atoms with Crippen molar-refractivity contribution < 1.29 is 0 Å². The van der Waals surface area contributed by atoms with E-state index in [2.05, 4.69) is 102 Å². The van der Waals surface area contributed by atoms with Crippen LogP contribution in [0.1, 0.15) is 50.1 Å². The monoisotopic (exact) mass is 654 g/mol. The Kier molecular flexibility index (Phi) is 6.29. The van der Waals surface area contributed by atoms with Crippen molar-refractivity contribution in [1.82, 2.24) is 39.5 Å². The number of nitrogens with zero attached hydrogens (tertiary/aromatic N) is 7. The molecule has 0 saturated heterocycles. The van der Waals surface area contributed by atoms with Crippen LogP contribution in [-0.2, 0) is 7.05 Å². The zero-order valence-corrected chi connectivity index (χ0v) is 30.2. The number of aromatic amines is 1. The van der Waals surface area contributed by atoms with Gasteiger partial charge in [0.05, 0.1) is 0 Å².